The number of rotatable bonds is 7. The molecule has 0 fully saturated rings. The molecule has 0 N–H and O–H groups in total. The fourth-order valence-corrected chi connectivity index (χ4v) is 1.59. The van der Waals surface area contributed by atoms with Crippen molar-refractivity contribution in [1.29, 1.82) is 0 Å². The number of hydrogen-bond acceptors (Lipinski definition) is 3. The largest absolute Gasteiger partial charge is 0.513 e. The molecule has 0 aliphatic rings. The van der Waals surface area contributed by atoms with Crippen molar-refractivity contribution in [3.05, 3.63) is 29.8 Å². The summed E-state index contributed by atoms with van der Waals surface area (Å²) in [5.41, 5.74) is 1.13. The molecule has 0 aromatic heterocycles. The van der Waals surface area contributed by atoms with Crippen molar-refractivity contribution in [1.82, 2.24) is 0 Å². The number of carbonyl (C=O) groups excluding carboxylic acids is 1. The van der Waals surface area contributed by atoms with E-state index in [-0.39, 0.29) is 0 Å². The van der Waals surface area contributed by atoms with Gasteiger partial charge in [0.1, 0.15) is 5.75 Å². The van der Waals surface area contributed by atoms with Crippen LogP contribution < -0.4 is 4.74 Å². The standard InChI is InChI=1S/C15H22O3/c1-3-4-5-6-7-12-17-15(16)18-14-10-8-13(2)9-11-14/h8-11H,3-7,12H2,1-2H3. The molecular weight excluding hydrogens is 228 g/mol. The van der Waals surface area contributed by atoms with Crippen LogP contribution in [0.3, 0.4) is 0 Å². The lowest BCUT2D eigenvalue weighted by Crippen LogP contribution is -2.11. The van der Waals surface area contributed by atoms with E-state index in [1.54, 1.807) is 12.1 Å². The Balaban J connectivity index is 2.12. The van der Waals surface area contributed by atoms with Crippen molar-refractivity contribution in [3.8, 4) is 5.75 Å². The van der Waals surface area contributed by atoms with E-state index in [9.17, 15) is 4.79 Å². The van der Waals surface area contributed by atoms with E-state index in [4.69, 9.17) is 9.47 Å². The summed E-state index contributed by atoms with van der Waals surface area (Å²) < 4.78 is 10.0. The number of unbranched alkanes of at least 4 members (excludes halogenated alkanes) is 4. The first-order valence-electron chi connectivity index (χ1n) is 6.63. The highest BCUT2D eigenvalue weighted by Gasteiger charge is 2.05. The van der Waals surface area contributed by atoms with Crippen molar-refractivity contribution in [3.63, 3.8) is 0 Å². The molecule has 0 saturated heterocycles. The van der Waals surface area contributed by atoms with Gasteiger partial charge in [-0.3, -0.25) is 0 Å². The molecule has 0 saturated carbocycles. The highest BCUT2D eigenvalue weighted by molar-refractivity contribution is 5.63. The fraction of sp³-hybridized carbons (Fsp3) is 0.533. The van der Waals surface area contributed by atoms with E-state index < -0.39 is 6.16 Å². The van der Waals surface area contributed by atoms with Gasteiger partial charge in [0.2, 0.25) is 0 Å². The van der Waals surface area contributed by atoms with Crippen LogP contribution in [0.2, 0.25) is 0 Å². The Hall–Kier alpha value is -1.51. The number of ether oxygens (including phenoxy) is 2. The van der Waals surface area contributed by atoms with E-state index in [0.29, 0.717) is 12.4 Å². The molecule has 18 heavy (non-hydrogen) atoms. The Labute approximate surface area is 109 Å². The summed E-state index contributed by atoms with van der Waals surface area (Å²) in [7, 11) is 0. The summed E-state index contributed by atoms with van der Waals surface area (Å²) in [5, 5.41) is 0. The zero-order valence-electron chi connectivity index (χ0n) is 11.3. The summed E-state index contributed by atoms with van der Waals surface area (Å²) in [6, 6.07) is 7.32. The lowest BCUT2D eigenvalue weighted by molar-refractivity contribution is 0.0973. The Bertz CT molecular complexity index is 343. The number of hydrogen-bond donors (Lipinski definition) is 0. The molecule has 1 aromatic carbocycles. The zero-order valence-corrected chi connectivity index (χ0v) is 11.3. The van der Waals surface area contributed by atoms with Crippen LogP contribution in [-0.4, -0.2) is 12.8 Å². The molecule has 3 heteroatoms. The number of aryl methyl sites for hydroxylation is 1. The third-order valence-electron chi connectivity index (χ3n) is 2.69. The van der Waals surface area contributed by atoms with Gasteiger partial charge in [0.25, 0.3) is 0 Å². The Kier molecular flexibility index (Phi) is 6.92. The lowest BCUT2D eigenvalue weighted by Gasteiger charge is -2.06. The predicted molar refractivity (Wildman–Crippen MR) is 71.9 cm³/mol. The van der Waals surface area contributed by atoms with Crippen LogP contribution in [-0.2, 0) is 4.74 Å². The van der Waals surface area contributed by atoms with Gasteiger partial charge in [-0.2, -0.15) is 0 Å². The third-order valence-corrected chi connectivity index (χ3v) is 2.69. The van der Waals surface area contributed by atoms with Crippen molar-refractivity contribution >= 4 is 6.16 Å². The van der Waals surface area contributed by atoms with E-state index in [2.05, 4.69) is 6.92 Å². The maximum Gasteiger partial charge on any atom is 0.513 e. The molecule has 1 aromatic rings. The molecule has 1 rings (SSSR count). The van der Waals surface area contributed by atoms with Gasteiger partial charge < -0.3 is 9.47 Å². The van der Waals surface area contributed by atoms with Gasteiger partial charge in [-0.15, -0.1) is 0 Å². The van der Waals surface area contributed by atoms with Gasteiger partial charge in [-0.25, -0.2) is 4.79 Å². The minimum Gasteiger partial charge on any atom is -0.434 e. The lowest BCUT2D eigenvalue weighted by atomic mass is 10.2. The summed E-state index contributed by atoms with van der Waals surface area (Å²) >= 11 is 0. The first kappa shape index (κ1) is 14.6. The van der Waals surface area contributed by atoms with Crippen LogP contribution in [0.5, 0.6) is 5.75 Å². The average Bonchev–Trinajstić information content (AvgIpc) is 2.36. The molecule has 0 radical (unpaired) electrons. The first-order chi connectivity index (χ1) is 8.72. The van der Waals surface area contributed by atoms with E-state index in [0.717, 1.165) is 18.4 Å². The third kappa shape index (κ3) is 6.28. The second-order valence-electron chi connectivity index (χ2n) is 4.43. The van der Waals surface area contributed by atoms with Crippen molar-refractivity contribution in [2.45, 2.75) is 46.0 Å². The number of benzene rings is 1. The highest BCUT2D eigenvalue weighted by atomic mass is 16.7. The Morgan fingerprint density at radius 1 is 1.06 bits per heavy atom. The van der Waals surface area contributed by atoms with Crippen LogP contribution in [0, 0.1) is 6.92 Å². The molecule has 0 heterocycles. The Morgan fingerprint density at radius 2 is 1.72 bits per heavy atom. The highest BCUT2D eigenvalue weighted by Crippen LogP contribution is 2.12. The van der Waals surface area contributed by atoms with Crippen LogP contribution in [0.4, 0.5) is 4.79 Å². The van der Waals surface area contributed by atoms with Gasteiger partial charge in [-0.1, -0.05) is 50.3 Å². The maximum absolute atomic E-state index is 11.3. The van der Waals surface area contributed by atoms with Crippen LogP contribution in [0.15, 0.2) is 24.3 Å². The second kappa shape index (κ2) is 8.56. The molecule has 3 nitrogen and oxygen atoms in total. The summed E-state index contributed by atoms with van der Waals surface area (Å²) in [6.07, 6.45) is 5.06. The summed E-state index contributed by atoms with van der Waals surface area (Å²) in [6.45, 7) is 4.60. The molecule has 0 aliphatic heterocycles. The number of carbonyl (C=O) groups is 1. The molecule has 0 atom stereocenters. The van der Waals surface area contributed by atoms with Gasteiger partial charge in [0.15, 0.2) is 0 Å². The van der Waals surface area contributed by atoms with Crippen LogP contribution >= 0.6 is 0 Å². The summed E-state index contributed by atoms with van der Waals surface area (Å²) in [5.74, 6) is 0.525. The molecule has 0 bridgehead atoms. The smallest absolute Gasteiger partial charge is 0.434 e. The van der Waals surface area contributed by atoms with E-state index in [1.165, 1.54) is 19.3 Å². The molecule has 0 unspecified atom stereocenters. The van der Waals surface area contributed by atoms with Crippen LogP contribution in [0.1, 0.15) is 44.6 Å². The van der Waals surface area contributed by atoms with E-state index >= 15 is 0 Å². The van der Waals surface area contributed by atoms with Crippen LogP contribution in [0.25, 0.3) is 0 Å². The van der Waals surface area contributed by atoms with Crippen molar-refractivity contribution in [2.24, 2.45) is 0 Å². The minimum absolute atomic E-state index is 0.439. The van der Waals surface area contributed by atoms with E-state index in [1.807, 2.05) is 19.1 Å². The topological polar surface area (TPSA) is 35.5 Å². The van der Waals surface area contributed by atoms with Gasteiger partial charge >= 0.3 is 6.16 Å². The summed E-state index contributed by atoms with van der Waals surface area (Å²) in [4.78, 5) is 11.3. The normalized spacial score (nSPS) is 10.1. The molecular formula is C15H22O3. The fourth-order valence-electron chi connectivity index (χ4n) is 1.59. The monoisotopic (exact) mass is 250 g/mol. The van der Waals surface area contributed by atoms with Gasteiger partial charge in [-0.05, 0) is 25.5 Å². The minimum atomic E-state index is -0.616. The molecule has 0 aliphatic carbocycles. The Morgan fingerprint density at radius 3 is 2.39 bits per heavy atom. The maximum atomic E-state index is 11.3. The second-order valence-corrected chi connectivity index (χ2v) is 4.43. The SMILES string of the molecule is CCCCCCCOC(=O)Oc1ccc(C)cc1. The molecule has 100 valence electrons. The van der Waals surface area contributed by atoms with Crippen molar-refractivity contribution in [2.75, 3.05) is 6.61 Å². The van der Waals surface area contributed by atoms with Gasteiger partial charge in [0, 0.05) is 0 Å². The van der Waals surface area contributed by atoms with Crippen molar-refractivity contribution < 1.29 is 14.3 Å². The molecule has 0 spiro atoms. The average molecular weight is 250 g/mol. The molecule has 0 amide bonds. The zero-order chi connectivity index (χ0) is 13.2. The quantitative estimate of drug-likeness (QED) is 0.406. The first-order valence-corrected chi connectivity index (χ1v) is 6.63. The van der Waals surface area contributed by atoms with Gasteiger partial charge in [0.05, 0.1) is 6.61 Å². The predicted octanol–water partition coefficient (Wildman–Crippen LogP) is 4.48.